The van der Waals surface area contributed by atoms with E-state index in [0.29, 0.717) is 18.0 Å². The van der Waals surface area contributed by atoms with Crippen LogP contribution in [0.5, 0.6) is 0 Å². The fourth-order valence-electron chi connectivity index (χ4n) is 3.21. The Kier molecular flexibility index (Phi) is 5.29. The summed E-state index contributed by atoms with van der Waals surface area (Å²) in [5, 5.41) is 3.36. The Hall–Kier alpha value is -0.770. The zero-order valence-corrected chi connectivity index (χ0v) is 11.7. The second-order valence-corrected chi connectivity index (χ2v) is 5.68. The van der Waals surface area contributed by atoms with Crippen LogP contribution in [0.2, 0.25) is 0 Å². The Morgan fingerprint density at radius 1 is 1.28 bits per heavy atom. The summed E-state index contributed by atoms with van der Waals surface area (Å²) in [5.41, 5.74) is 5.97. The van der Waals surface area contributed by atoms with Crippen LogP contribution in [0.3, 0.4) is 0 Å². The van der Waals surface area contributed by atoms with Gasteiger partial charge in [0.1, 0.15) is 0 Å². The first-order valence-electron chi connectivity index (χ1n) is 7.60. The maximum absolute atomic E-state index is 5.97. The predicted octanol–water partition coefficient (Wildman–Crippen LogP) is 1.71. The third-order valence-electron chi connectivity index (χ3n) is 4.19. The molecule has 1 saturated carbocycles. The maximum atomic E-state index is 5.97. The molecule has 4 heteroatoms. The number of nitrogens with two attached hydrogens (primary N) is 1. The molecule has 1 aliphatic carbocycles. The number of rotatable bonds is 5. The van der Waals surface area contributed by atoms with E-state index >= 15 is 0 Å². The van der Waals surface area contributed by atoms with Crippen molar-refractivity contribution in [3.05, 3.63) is 0 Å². The Morgan fingerprint density at radius 2 is 2.06 bits per heavy atom. The molecular weight excluding hydrogens is 224 g/mol. The van der Waals surface area contributed by atoms with Crippen LogP contribution in [0.15, 0.2) is 4.99 Å². The second-order valence-electron chi connectivity index (χ2n) is 5.68. The van der Waals surface area contributed by atoms with Gasteiger partial charge in [-0.15, -0.1) is 0 Å². The third kappa shape index (κ3) is 3.87. The highest BCUT2D eigenvalue weighted by Gasteiger charge is 2.23. The Balaban J connectivity index is 1.74. The van der Waals surface area contributed by atoms with Crippen molar-refractivity contribution in [3.8, 4) is 0 Å². The highest BCUT2D eigenvalue weighted by Crippen LogP contribution is 2.18. The third-order valence-corrected chi connectivity index (χ3v) is 4.19. The van der Waals surface area contributed by atoms with Gasteiger partial charge >= 0.3 is 0 Å². The highest BCUT2D eigenvalue weighted by molar-refractivity contribution is 5.78. The molecule has 3 N–H and O–H groups in total. The number of nitrogens with one attached hydrogen (secondary N) is 1. The van der Waals surface area contributed by atoms with Crippen LogP contribution >= 0.6 is 0 Å². The van der Waals surface area contributed by atoms with Gasteiger partial charge in [0.15, 0.2) is 5.96 Å². The van der Waals surface area contributed by atoms with Gasteiger partial charge in [-0.25, -0.2) is 0 Å². The van der Waals surface area contributed by atoms with Crippen LogP contribution in [0.25, 0.3) is 0 Å². The van der Waals surface area contributed by atoms with Gasteiger partial charge in [0.25, 0.3) is 0 Å². The van der Waals surface area contributed by atoms with E-state index in [0.717, 1.165) is 6.54 Å². The molecule has 2 rings (SSSR count). The van der Waals surface area contributed by atoms with Gasteiger partial charge < -0.3 is 11.1 Å². The van der Waals surface area contributed by atoms with E-state index in [1.807, 2.05) is 0 Å². The number of hydrogen-bond acceptors (Lipinski definition) is 2. The second kappa shape index (κ2) is 6.98. The van der Waals surface area contributed by atoms with Crippen LogP contribution in [0.4, 0.5) is 0 Å². The molecule has 0 aromatic carbocycles. The topological polar surface area (TPSA) is 53.6 Å². The predicted molar refractivity (Wildman–Crippen MR) is 76.8 cm³/mol. The first-order chi connectivity index (χ1) is 8.79. The lowest BCUT2D eigenvalue weighted by molar-refractivity contribution is 0.259. The number of nitrogens with zero attached hydrogens (tertiary/aromatic N) is 2. The Morgan fingerprint density at radius 3 is 2.78 bits per heavy atom. The van der Waals surface area contributed by atoms with Gasteiger partial charge in [0.2, 0.25) is 0 Å². The molecule has 104 valence electrons. The van der Waals surface area contributed by atoms with E-state index in [9.17, 15) is 0 Å². The molecule has 0 spiro atoms. The van der Waals surface area contributed by atoms with Crippen molar-refractivity contribution in [2.45, 2.75) is 64.0 Å². The molecule has 0 bridgehead atoms. The van der Waals surface area contributed by atoms with Gasteiger partial charge in [-0.3, -0.25) is 9.89 Å². The summed E-state index contributed by atoms with van der Waals surface area (Å²) in [7, 11) is 0. The molecule has 0 radical (unpaired) electrons. The maximum Gasteiger partial charge on any atom is 0.188 e. The first kappa shape index (κ1) is 13.7. The standard InChI is InChI=1S/C14H28N4/c1-2-9-18-10-5-8-13(18)11-16-14(15)17-12-6-3-4-7-12/h12-13H,2-11H2,1H3,(H3,15,16,17)/t13-/m0/s1. The molecule has 1 heterocycles. The summed E-state index contributed by atoms with van der Waals surface area (Å²) in [6.07, 6.45) is 8.99. The first-order valence-corrected chi connectivity index (χ1v) is 7.60. The van der Waals surface area contributed by atoms with Gasteiger partial charge in [-0.05, 0) is 45.2 Å². The van der Waals surface area contributed by atoms with Crippen molar-refractivity contribution >= 4 is 5.96 Å². The van der Waals surface area contributed by atoms with Crippen molar-refractivity contribution in [3.63, 3.8) is 0 Å². The van der Waals surface area contributed by atoms with E-state index in [1.165, 1.54) is 58.0 Å². The molecule has 0 amide bonds. The molecule has 1 saturated heterocycles. The summed E-state index contributed by atoms with van der Waals surface area (Å²) < 4.78 is 0. The average molecular weight is 252 g/mol. The van der Waals surface area contributed by atoms with E-state index in [1.54, 1.807) is 0 Å². The lowest BCUT2D eigenvalue weighted by Crippen LogP contribution is -2.40. The van der Waals surface area contributed by atoms with Gasteiger partial charge in [-0.1, -0.05) is 19.8 Å². The molecule has 4 nitrogen and oxygen atoms in total. The molecular formula is C14H28N4. The quantitative estimate of drug-likeness (QED) is 0.578. The van der Waals surface area contributed by atoms with Crippen molar-refractivity contribution < 1.29 is 0 Å². The molecule has 0 unspecified atom stereocenters. The van der Waals surface area contributed by atoms with Gasteiger partial charge in [-0.2, -0.15) is 0 Å². The van der Waals surface area contributed by atoms with Crippen LogP contribution in [-0.2, 0) is 0 Å². The van der Waals surface area contributed by atoms with Crippen LogP contribution in [0.1, 0.15) is 51.9 Å². The zero-order chi connectivity index (χ0) is 12.8. The number of guanidine groups is 1. The van der Waals surface area contributed by atoms with E-state index in [2.05, 4.69) is 22.1 Å². The summed E-state index contributed by atoms with van der Waals surface area (Å²) >= 11 is 0. The van der Waals surface area contributed by atoms with Crippen molar-refractivity contribution in [1.82, 2.24) is 10.2 Å². The van der Waals surface area contributed by atoms with Crippen LogP contribution < -0.4 is 11.1 Å². The van der Waals surface area contributed by atoms with Gasteiger partial charge in [0, 0.05) is 12.1 Å². The molecule has 2 fully saturated rings. The number of aliphatic imine (C=N–C) groups is 1. The van der Waals surface area contributed by atoms with Crippen LogP contribution in [0, 0.1) is 0 Å². The van der Waals surface area contributed by atoms with E-state index in [4.69, 9.17) is 5.73 Å². The van der Waals surface area contributed by atoms with Crippen molar-refractivity contribution in [2.75, 3.05) is 19.6 Å². The summed E-state index contributed by atoms with van der Waals surface area (Å²) in [5.74, 6) is 0.658. The Bertz CT molecular complexity index is 271. The molecule has 0 aromatic rings. The van der Waals surface area contributed by atoms with E-state index in [-0.39, 0.29) is 0 Å². The largest absolute Gasteiger partial charge is 0.370 e. The fourth-order valence-corrected chi connectivity index (χ4v) is 3.21. The Labute approximate surface area is 111 Å². The summed E-state index contributed by atoms with van der Waals surface area (Å²) in [4.78, 5) is 7.11. The van der Waals surface area contributed by atoms with Crippen LogP contribution in [-0.4, -0.2) is 42.6 Å². The normalized spacial score (nSPS) is 26.9. The minimum absolute atomic E-state index is 0.573. The lowest BCUT2D eigenvalue weighted by atomic mass is 10.2. The number of hydrogen-bond donors (Lipinski definition) is 2. The zero-order valence-electron chi connectivity index (χ0n) is 11.7. The highest BCUT2D eigenvalue weighted by atomic mass is 15.2. The minimum atomic E-state index is 0.573. The SMILES string of the molecule is CCCN1CCC[C@H]1CN=C(N)NC1CCCC1. The summed E-state index contributed by atoms with van der Waals surface area (Å²) in [6, 6.07) is 1.19. The van der Waals surface area contributed by atoms with Crippen molar-refractivity contribution in [1.29, 1.82) is 0 Å². The number of likely N-dealkylation sites (tertiary alicyclic amines) is 1. The molecule has 1 atom stereocenters. The van der Waals surface area contributed by atoms with E-state index < -0.39 is 0 Å². The average Bonchev–Trinajstić information content (AvgIpc) is 2.99. The smallest absolute Gasteiger partial charge is 0.188 e. The van der Waals surface area contributed by atoms with Gasteiger partial charge in [0.05, 0.1) is 6.54 Å². The molecule has 18 heavy (non-hydrogen) atoms. The summed E-state index contributed by atoms with van der Waals surface area (Å²) in [6.45, 7) is 5.56. The molecule has 2 aliphatic rings. The lowest BCUT2D eigenvalue weighted by Gasteiger charge is -2.22. The minimum Gasteiger partial charge on any atom is -0.370 e. The molecule has 1 aliphatic heterocycles. The monoisotopic (exact) mass is 252 g/mol. The fraction of sp³-hybridized carbons (Fsp3) is 0.929. The molecule has 0 aromatic heterocycles. The van der Waals surface area contributed by atoms with Crippen molar-refractivity contribution in [2.24, 2.45) is 10.7 Å².